The van der Waals surface area contributed by atoms with Crippen molar-refractivity contribution in [2.45, 2.75) is 13.0 Å². The van der Waals surface area contributed by atoms with Crippen molar-refractivity contribution in [1.29, 1.82) is 0 Å². The van der Waals surface area contributed by atoms with Crippen molar-refractivity contribution < 1.29 is 19.0 Å². The minimum Gasteiger partial charge on any atom is -0.497 e. The lowest BCUT2D eigenvalue weighted by Crippen LogP contribution is -2.31. The number of rotatable bonds is 8. The second-order valence-electron chi connectivity index (χ2n) is 6.58. The molecule has 0 radical (unpaired) electrons. The van der Waals surface area contributed by atoms with Gasteiger partial charge in [-0.3, -0.25) is 4.79 Å². The Labute approximate surface area is 171 Å². The summed E-state index contributed by atoms with van der Waals surface area (Å²) in [4.78, 5) is 12.3. The maximum atomic E-state index is 12.3. The number of carbonyl (C=O) groups excluding carboxylic acids is 1. The molecule has 5 nitrogen and oxygen atoms in total. The third kappa shape index (κ3) is 5.29. The molecule has 0 aliphatic rings. The van der Waals surface area contributed by atoms with E-state index >= 15 is 0 Å². The molecule has 5 heteroatoms. The molecule has 150 valence electrons. The van der Waals surface area contributed by atoms with Gasteiger partial charge >= 0.3 is 0 Å². The highest BCUT2D eigenvalue weighted by molar-refractivity contribution is 5.78. The van der Waals surface area contributed by atoms with E-state index in [-0.39, 0.29) is 18.6 Å². The van der Waals surface area contributed by atoms with Gasteiger partial charge < -0.3 is 19.5 Å². The molecule has 0 unspecified atom stereocenters. The zero-order valence-electron chi connectivity index (χ0n) is 16.8. The number of hydrogen-bond acceptors (Lipinski definition) is 4. The Morgan fingerprint density at radius 3 is 2.17 bits per heavy atom. The minimum atomic E-state index is -0.253. The molecule has 0 fully saturated rings. The number of benzene rings is 3. The van der Waals surface area contributed by atoms with Crippen LogP contribution in [0.15, 0.2) is 72.8 Å². The summed E-state index contributed by atoms with van der Waals surface area (Å²) in [7, 11) is 3.20. The molecule has 1 amide bonds. The summed E-state index contributed by atoms with van der Waals surface area (Å²) in [5, 5.41) is 2.93. The van der Waals surface area contributed by atoms with E-state index < -0.39 is 0 Å². The molecule has 0 aliphatic carbocycles. The minimum absolute atomic E-state index is 0.0681. The van der Waals surface area contributed by atoms with E-state index in [0.29, 0.717) is 17.2 Å². The topological polar surface area (TPSA) is 56.8 Å². The molecular formula is C24H25NO4. The highest BCUT2D eigenvalue weighted by Gasteiger charge is 2.15. The van der Waals surface area contributed by atoms with Crippen LogP contribution in [-0.4, -0.2) is 26.7 Å². The second kappa shape index (κ2) is 9.64. The molecule has 3 aromatic rings. The first-order valence-electron chi connectivity index (χ1n) is 9.40. The van der Waals surface area contributed by atoms with Gasteiger partial charge in [0.25, 0.3) is 5.91 Å². The zero-order valence-corrected chi connectivity index (χ0v) is 16.8. The number of hydrogen-bond donors (Lipinski definition) is 1. The van der Waals surface area contributed by atoms with Crippen molar-refractivity contribution in [3.63, 3.8) is 0 Å². The van der Waals surface area contributed by atoms with Crippen molar-refractivity contribution in [2.75, 3.05) is 20.8 Å². The summed E-state index contributed by atoms with van der Waals surface area (Å²) >= 11 is 0. The Hall–Kier alpha value is -3.47. The SMILES string of the molecule is COc1ccc(OC)c([C@@H](C)NC(=O)COc2ccc(-c3ccccc3)cc2)c1. The predicted octanol–water partition coefficient (Wildman–Crippen LogP) is 4.63. The van der Waals surface area contributed by atoms with Gasteiger partial charge in [-0.1, -0.05) is 42.5 Å². The Morgan fingerprint density at radius 2 is 1.52 bits per heavy atom. The highest BCUT2D eigenvalue weighted by atomic mass is 16.5. The molecule has 1 atom stereocenters. The quantitative estimate of drug-likeness (QED) is 0.608. The van der Waals surface area contributed by atoms with E-state index in [1.807, 2.05) is 67.6 Å². The van der Waals surface area contributed by atoms with E-state index in [9.17, 15) is 4.79 Å². The first kappa shape index (κ1) is 20.3. The molecule has 1 N–H and O–H groups in total. The molecule has 0 aliphatic heterocycles. The van der Waals surface area contributed by atoms with Crippen molar-refractivity contribution in [3.05, 3.63) is 78.4 Å². The summed E-state index contributed by atoms with van der Waals surface area (Å²) in [5.74, 6) is 1.83. The van der Waals surface area contributed by atoms with Crippen LogP contribution in [0.1, 0.15) is 18.5 Å². The zero-order chi connectivity index (χ0) is 20.6. The van der Waals surface area contributed by atoms with Crippen LogP contribution >= 0.6 is 0 Å². The third-order valence-electron chi connectivity index (χ3n) is 4.61. The first-order valence-corrected chi connectivity index (χ1v) is 9.40. The monoisotopic (exact) mass is 391 g/mol. The average Bonchev–Trinajstić information content (AvgIpc) is 2.78. The highest BCUT2D eigenvalue weighted by Crippen LogP contribution is 2.29. The molecular weight excluding hydrogens is 366 g/mol. The largest absolute Gasteiger partial charge is 0.497 e. The van der Waals surface area contributed by atoms with Gasteiger partial charge in [-0.15, -0.1) is 0 Å². The van der Waals surface area contributed by atoms with E-state index in [0.717, 1.165) is 16.7 Å². The van der Waals surface area contributed by atoms with Gasteiger partial charge in [0.1, 0.15) is 17.2 Å². The molecule has 0 saturated heterocycles. The van der Waals surface area contributed by atoms with Crippen LogP contribution in [-0.2, 0) is 4.79 Å². The Balaban J connectivity index is 1.57. The number of amides is 1. The van der Waals surface area contributed by atoms with Crippen LogP contribution in [0.2, 0.25) is 0 Å². The second-order valence-corrected chi connectivity index (χ2v) is 6.58. The smallest absolute Gasteiger partial charge is 0.258 e. The Kier molecular flexibility index (Phi) is 6.74. The van der Waals surface area contributed by atoms with Gasteiger partial charge in [0.2, 0.25) is 0 Å². The van der Waals surface area contributed by atoms with Crippen LogP contribution < -0.4 is 19.5 Å². The standard InChI is InChI=1S/C24H25NO4/c1-17(22-15-21(27-2)13-14-23(22)28-3)25-24(26)16-29-20-11-9-19(10-12-20)18-7-5-4-6-8-18/h4-15,17H,16H2,1-3H3,(H,25,26)/t17-/m1/s1. The Morgan fingerprint density at radius 1 is 0.862 bits per heavy atom. The van der Waals surface area contributed by atoms with Gasteiger partial charge in [0.15, 0.2) is 6.61 Å². The van der Waals surface area contributed by atoms with Gasteiger partial charge in [0, 0.05) is 5.56 Å². The molecule has 0 heterocycles. The lowest BCUT2D eigenvalue weighted by molar-refractivity contribution is -0.123. The summed E-state index contributed by atoms with van der Waals surface area (Å²) in [6.07, 6.45) is 0. The van der Waals surface area contributed by atoms with Gasteiger partial charge in [-0.05, 0) is 48.4 Å². The normalized spacial score (nSPS) is 11.4. The van der Waals surface area contributed by atoms with Crippen LogP contribution in [0.3, 0.4) is 0 Å². The maximum Gasteiger partial charge on any atom is 0.258 e. The molecule has 0 spiro atoms. The molecule has 29 heavy (non-hydrogen) atoms. The van der Waals surface area contributed by atoms with Gasteiger partial charge in [-0.25, -0.2) is 0 Å². The molecule has 3 aromatic carbocycles. The number of nitrogens with one attached hydrogen (secondary N) is 1. The average molecular weight is 391 g/mol. The third-order valence-corrected chi connectivity index (χ3v) is 4.61. The van der Waals surface area contributed by atoms with Crippen LogP contribution in [0, 0.1) is 0 Å². The Bertz CT molecular complexity index is 939. The summed E-state index contributed by atoms with van der Waals surface area (Å²) in [6, 6.07) is 23.0. The van der Waals surface area contributed by atoms with Crippen LogP contribution in [0.4, 0.5) is 0 Å². The van der Waals surface area contributed by atoms with Crippen LogP contribution in [0.25, 0.3) is 11.1 Å². The lowest BCUT2D eigenvalue weighted by atomic mass is 10.1. The fourth-order valence-corrected chi connectivity index (χ4v) is 3.06. The maximum absolute atomic E-state index is 12.3. The number of methoxy groups -OCH3 is 2. The van der Waals surface area contributed by atoms with Crippen molar-refractivity contribution in [2.24, 2.45) is 0 Å². The number of carbonyl (C=O) groups is 1. The molecule has 0 saturated carbocycles. The van der Waals surface area contributed by atoms with Gasteiger partial charge in [0.05, 0.1) is 20.3 Å². The predicted molar refractivity (Wildman–Crippen MR) is 113 cm³/mol. The lowest BCUT2D eigenvalue weighted by Gasteiger charge is -2.18. The van der Waals surface area contributed by atoms with Crippen molar-refractivity contribution >= 4 is 5.91 Å². The van der Waals surface area contributed by atoms with E-state index in [1.165, 1.54) is 0 Å². The fraction of sp³-hybridized carbons (Fsp3) is 0.208. The van der Waals surface area contributed by atoms with Crippen molar-refractivity contribution in [1.82, 2.24) is 5.32 Å². The summed E-state index contributed by atoms with van der Waals surface area (Å²) < 4.78 is 16.3. The fourth-order valence-electron chi connectivity index (χ4n) is 3.06. The molecule has 0 bridgehead atoms. The van der Waals surface area contributed by atoms with Crippen LogP contribution in [0.5, 0.6) is 17.2 Å². The summed E-state index contributed by atoms with van der Waals surface area (Å²) in [6.45, 7) is 1.82. The molecule has 3 rings (SSSR count). The first-order chi connectivity index (χ1) is 14.1. The van der Waals surface area contributed by atoms with Gasteiger partial charge in [-0.2, -0.15) is 0 Å². The molecule has 0 aromatic heterocycles. The summed E-state index contributed by atoms with van der Waals surface area (Å²) in [5.41, 5.74) is 3.08. The van der Waals surface area contributed by atoms with E-state index in [2.05, 4.69) is 17.4 Å². The van der Waals surface area contributed by atoms with E-state index in [4.69, 9.17) is 14.2 Å². The van der Waals surface area contributed by atoms with Crippen molar-refractivity contribution in [3.8, 4) is 28.4 Å². The number of ether oxygens (including phenoxy) is 3. The van der Waals surface area contributed by atoms with E-state index in [1.54, 1.807) is 14.2 Å².